The van der Waals surface area contributed by atoms with Gasteiger partial charge in [0.1, 0.15) is 6.26 Å². The van der Waals surface area contributed by atoms with E-state index in [4.69, 9.17) is 10.2 Å². The molecule has 2 aromatic rings. The summed E-state index contributed by atoms with van der Waals surface area (Å²) in [7, 11) is 0. The number of amides is 1. The highest BCUT2D eigenvalue weighted by atomic mass is 16.3. The molecule has 2 atom stereocenters. The number of imidazole rings is 1. The lowest BCUT2D eigenvalue weighted by atomic mass is 10.0. The molecule has 1 amide bonds. The van der Waals surface area contributed by atoms with Gasteiger partial charge in [-0.25, -0.2) is 9.97 Å². The van der Waals surface area contributed by atoms with Crippen LogP contribution in [0, 0.1) is 5.92 Å². The van der Waals surface area contributed by atoms with Gasteiger partial charge in [0.25, 0.3) is 5.91 Å². The minimum atomic E-state index is -0.290. The maximum atomic E-state index is 11.9. The van der Waals surface area contributed by atoms with Crippen molar-refractivity contribution in [3.63, 3.8) is 0 Å². The molecule has 0 spiro atoms. The van der Waals surface area contributed by atoms with E-state index in [1.54, 1.807) is 12.5 Å². The fraction of sp³-hybridized carbons (Fsp3) is 0.500. The fourth-order valence-electron chi connectivity index (χ4n) is 1.86. The van der Waals surface area contributed by atoms with E-state index in [-0.39, 0.29) is 23.6 Å². The van der Waals surface area contributed by atoms with Gasteiger partial charge in [0, 0.05) is 24.9 Å². The second-order valence-electron chi connectivity index (χ2n) is 5.07. The Kier molecular flexibility index (Phi) is 5.10. The van der Waals surface area contributed by atoms with Crippen molar-refractivity contribution in [3.05, 3.63) is 36.1 Å². The predicted molar refractivity (Wildman–Crippen MR) is 77.5 cm³/mol. The minimum Gasteiger partial charge on any atom is -0.446 e. The van der Waals surface area contributed by atoms with Crippen LogP contribution in [0.5, 0.6) is 0 Å². The van der Waals surface area contributed by atoms with Crippen LogP contribution in [0.2, 0.25) is 0 Å². The summed E-state index contributed by atoms with van der Waals surface area (Å²) in [5.41, 5.74) is 7.25. The Labute approximate surface area is 123 Å². The molecular weight excluding hydrogens is 270 g/mol. The number of carbonyl (C=O) groups excluding carboxylic acids is 1. The van der Waals surface area contributed by atoms with E-state index in [1.807, 2.05) is 6.92 Å². The molecule has 7 nitrogen and oxygen atoms in total. The number of hydrogen-bond donors (Lipinski definition) is 3. The molecule has 0 aliphatic rings. The largest absolute Gasteiger partial charge is 0.446 e. The minimum absolute atomic E-state index is 0.250. The topological polar surface area (TPSA) is 110 Å². The summed E-state index contributed by atoms with van der Waals surface area (Å²) in [6, 6.07) is -0.290. The van der Waals surface area contributed by atoms with Gasteiger partial charge in [0.2, 0.25) is 5.89 Å². The lowest BCUT2D eigenvalue weighted by molar-refractivity contribution is 0.0949. The average Bonchev–Trinajstić information content (AvgIpc) is 3.16. The molecular formula is C14H21N5O2. The Morgan fingerprint density at radius 3 is 3.05 bits per heavy atom. The molecule has 0 aromatic carbocycles. The average molecular weight is 291 g/mol. The van der Waals surface area contributed by atoms with E-state index in [2.05, 4.69) is 27.2 Å². The van der Waals surface area contributed by atoms with E-state index in [0.717, 1.165) is 12.1 Å². The van der Waals surface area contributed by atoms with Gasteiger partial charge in [0.15, 0.2) is 5.69 Å². The van der Waals surface area contributed by atoms with Gasteiger partial charge in [-0.3, -0.25) is 4.79 Å². The van der Waals surface area contributed by atoms with Gasteiger partial charge < -0.3 is 20.5 Å². The van der Waals surface area contributed by atoms with Crippen molar-refractivity contribution < 1.29 is 9.21 Å². The quantitative estimate of drug-likeness (QED) is 0.714. The molecule has 0 bridgehead atoms. The monoisotopic (exact) mass is 291 g/mol. The zero-order valence-corrected chi connectivity index (χ0v) is 12.3. The first-order chi connectivity index (χ1) is 10.1. The van der Waals surface area contributed by atoms with Gasteiger partial charge in [-0.15, -0.1) is 0 Å². The molecule has 2 aromatic heterocycles. The van der Waals surface area contributed by atoms with Crippen molar-refractivity contribution in [2.45, 2.75) is 32.7 Å². The lowest BCUT2D eigenvalue weighted by Gasteiger charge is -2.13. The molecule has 0 radical (unpaired) electrons. The lowest BCUT2D eigenvalue weighted by Crippen LogP contribution is -2.26. The SMILES string of the molecule is CCC(C)C(N)c1nc(C(=O)NCCc2cnc[nH]2)co1. The van der Waals surface area contributed by atoms with Crippen molar-refractivity contribution in [1.82, 2.24) is 20.3 Å². The molecule has 2 unspecified atom stereocenters. The number of nitrogens with one attached hydrogen (secondary N) is 2. The molecule has 2 heterocycles. The van der Waals surface area contributed by atoms with E-state index in [1.165, 1.54) is 6.26 Å². The standard InChI is InChI=1S/C14H21N5O2/c1-3-9(2)12(15)14-19-11(7-21-14)13(20)17-5-4-10-6-16-8-18-10/h6-9,12H,3-5,15H2,1-2H3,(H,16,18)(H,17,20). The van der Waals surface area contributed by atoms with Crippen molar-refractivity contribution >= 4 is 5.91 Å². The van der Waals surface area contributed by atoms with Crippen LogP contribution in [-0.2, 0) is 6.42 Å². The molecule has 4 N–H and O–H groups in total. The van der Waals surface area contributed by atoms with Crippen molar-refractivity contribution in [2.75, 3.05) is 6.54 Å². The number of nitrogens with zero attached hydrogens (tertiary/aromatic N) is 2. The second kappa shape index (κ2) is 7.03. The number of oxazole rings is 1. The first-order valence-electron chi connectivity index (χ1n) is 7.08. The molecule has 7 heteroatoms. The summed E-state index contributed by atoms with van der Waals surface area (Å²) in [5.74, 6) is 0.392. The van der Waals surface area contributed by atoms with Crippen LogP contribution in [0.15, 0.2) is 23.2 Å². The molecule has 2 rings (SSSR count). The Bertz CT molecular complexity index is 564. The van der Waals surface area contributed by atoms with E-state index >= 15 is 0 Å². The smallest absolute Gasteiger partial charge is 0.273 e. The number of H-pyrrole nitrogens is 1. The first-order valence-corrected chi connectivity index (χ1v) is 7.08. The highest BCUT2D eigenvalue weighted by Crippen LogP contribution is 2.20. The van der Waals surface area contributed by atoms with Crippen LogP contribution < -0.4 is 11.1 Å². The predicted octanol–water partition coefficient (Wildman–Crippen LogP) is 1.42. The van der Waals surface area contributed by atoms with Crippen molar-refractivity contribution in [2.24, 2.45) is 11.7 Å². The Balaban J connectivity index is 1.86. The number of hydrogen-bond acceptors (Lipinski definition) is 5. The van der Waals surface area contributed by atoms with Crippen LogP contribution in [-0.4, -0.2) is 27.4 Å². The summed E-state index contributed by atoms with van der Waals surface area (Å²) in [5, 5.41) is 2.78. The summed E-state index contributed by atoms with van der Waals surface area (Å²) < 4.78 is 5.31. The first kappa shape index (κ1) is 15.2. The second-order valence-corrected chi connectivity index (χ2v) is 5.07. The summed E-state index contributed by atoms with van der Waals surface area (Å²) in [6.07, 6.45) is 6.30. The molecule has 0 saturated heterocycles. The zero-order chi connectivity index (χ0) is 15.2. The molecule has 21 heavy (non-hydrogen) atoms. The van der Waals surface area contributed by atoms with Crippen LogP contribution in [0.4, 0.5) is 0 Å². The van der Waals surface area contributed by atoms with Gasteiger partial charge in [-0.1, -0.05) is 20.3 Å². The molecule has 0 fully saturated rings. The number of aromatic nitrogens is 3. The van der Waals surface area contributed by atoms with E-state index in [9.17, 15) is 4.79 Å². The van der Waals surface area contributed by atoms with Crippen LogP contribution in [0.1, 0.15) is 48.4 Å². The Hall–Kier alpha value is -2.15. The van der Waals surface area contributed by atoms with Crippen LogP contribution in [0.3, 0.4) is 0 Å². The molecule has 0 aliphatic carbocycles. The summed E-state index contributed by atoms with van der Waals surface area (Å²) in [4.78, 5) is 23.0. The third-order valence-corrected chi connectivity index (χ3v) is 3.53. The maximum Gasteiger partial charge on any atom is 0.273 e. The molecule has 0 aliphatic heterocycles. The Morgan fingerprint density at radius 1 is 1.57 bits per heavy atom. The maximum absolute atomic E-state index is 11.9. The summed E-state index contributed by atoms with van der Waals surface area (Å²) in [6.45, 7) is 4.58. The van der Waals surface area contributed by atoms with E-state index in [0.29, 0.717) is 18.9 Å². The highest BCUT2D eigenvalue weighted by molar-refractivity contribution is 5.91. The third kappa shape index (κ3) is 3.91. The van der Waals surface area contributed by atoms with Gasteiger partial charge >= 0.3 is 0 Å². The number of nitrogens with two attached hydrogens (primary N) is 1. The highest BCUT2D eigenvalue weighted by Gasteiger charge is 2.20. The summed E-state index contributed by atoms with van der Waals surface area (Å²) >= 11 is 0. The fourth-order valence-corrected chi connectivity index (χ4v) is 1.86. The van der Waals surface area contributed by atoms with Gasteiger partial charge in [-0.05, 0) is 5.92 Å². The van der Waals surface area contributed by atoms with E-state index < -0.39 is 0 Å². The third-order valence-electron chi connectivity index (χ3n) is 3.53. The number of carbonyl (C=O) groups is 1. The van der Waals surface area contributed by atoms with Crippen LogP contribution in [0.25, 0.3) is 0 Å². The van der Waals surface area contributed by atoms with Crippen molar-refractivity contribution in [3.8, 4) is 0 Å². The normalized spacial score (nSPS) is 13.9. The van der Waals surface area contributed by atoms with Gasteiger partial charge in [-0.2, -0.15) is 0 Å². The number of rotatable bonds is 7. The van der Waals surface area contributed by atoms with Crippen LogP contribution >= 0.6 is 0 Å². The zero-order valence-electron chi connectivity index (χ0n) is 12.3. The van der Waals surface area contributed by atoms with Gasteiger partial charge in [0.05, 0.1) is 12.4 Å². The Morgan fingerprint density at radius 2 is 2.38 bits per heavy atom. The van der Waals surface area contributed by atoms with Crippen molar-refractivity contribution in [1.29, 1.82) is 0 Å². The molecule has 0 saturated carbocycles. The number of aromatic amines is 1. The molecule has 114 valence electrons.